The molecule has 6 nitrogen and oxygen atoms in total. The van der Waals surface area contributed by atoms with Crippen molar-refractivity contribution in [1.82, 2.24) is 5.32 Å². The quantitative estimate of drug-likeness (QED) is 0.169. The van der Waals surface area contributed by atoms with E-state index in [-0.39, 0.29) is 17.4 Å². The smallest absolute Gasteiger partial charge is 0.264 e. The van der Waals surface area contributed by atoms with Crippen LogP contribution in [0.15, 0.2) is 48.3 Å². The summed E-state index contributed by atoms with van der Waals surface area (Å²) in [4.78, 5) is 12.5. The minimum atomic E-state index is -0.332. The SMILES string of the molecule is O=C1NC(=NN=Cc2cc(I)cc(I)c2O)S/C1=C/c1cc(Br)cc(Br)c1O. The number of halogens is 4. The highest BCUT2D eigenvalue weighted by Gasteiger charge is 2.24. The van der Waals surface area contributed by atoms with E-state index >= 15 is 0 Å². The summed E-state index contributed by atoms with van der Waals surface area (Å²) in [6.07, 6.45) is 3.00. The number of amides is 1. The van der Waals surface area contributed by atoms with Gasteiger partial charge in [0.15, 0.2) is 5.17 Å². The van der Waals surface area contributed by atoms with Crippen LogP contribution in [0.1, 0.15) is 11.1 Å². The zero-order valence-corrected chi connectivity index (χ0v) is 21.9. The molecule has 0 atom stereocenters. The Morgan fingerprint density at radius 3 is 2.57 bits per heavy atom. The number of amidine groups is 1. The first-order valence-corrected chi connectivity index (χ1v) is 12.0. The average molecular weight is 749 g/mol. The van der Waals surface area contributed by atoms with E-state index in [9.17, 15) is 15.0 Å². The summed E-state index contributed by atoms with van der Waals surface area (Å²) >= 11 is 11.9. The molecule has 1 heterocycles. The van der Waals surface area contributed by atoms with Crippen molar-refractivity contribution in [3.63, 3.8) is 0 Å². The molecule has 3 N–H and O–H groups in total. The standard InChI is InChI=1S/C17H9Br2I2N3O3S/c18-9-1-7(14(25)11(19)4-9)3-13-16(27)23-17(28-13)24-22-6-8-2-10(20)5-12(21)15(8)26/h1-6,25-26H,(H,23,24,27)/b13-3+,22-6?. The van der Waals surface area contributed by atoms with E-state index in [2.05, 4.69) is 70.0 Å². The fraction of sp³-hybridized carbons (Fsp3) is 0. The molecule has 1 aliphatic heterocycles. The summed E-state index contributed by atoms with van der Waals surface area (Å²) in [5.74, 6) is -0.165. The van der Waals surface area contributed by atoms with Gasteiger partial charge in [-0.05, 0) is 103 Å². The van der Waals surface area contributed by atoms with E-state index in [1.165, 1.54) is 6.21 Å². The van der Waals surface area contributed by atoms with Gasteiger partial charge >= 0.3 is 0 Å². The number of phenols is 2. The zero-order chi connectivity index (χ0) is 20.4. The van der Waals surface area contributed by atoms with Gasteiger partial charge < -0.3 is 10.2 Å². The third-order valence-electron chi connectivity index (χ3n) is 3.40. The topological polar surface area (TPSA) is 94.3 Å². The number of carbonyl (C=O) groups is 1. The fourth-order valence-corrected chi connectivity index (χ4v) is 6.06. The molecule has 1 saturated heterocycles. The monoisotopic (exact) mass is 747 g/mol. The Morgan fingerprint density at radius 1 is 1.07 bits per heavy atom. The van der Waals surface area contributed by atoms with Crippen LogP contribution in [0.5, 0.6) is 11.5 Å². The van der Waals surface area contributed by atoms with Crippen LogP contribution in [0.3, 0.4) is 0 Å². The van der Waals surface area contributed by atoms with Gasteiger partial charge in [-0.2, -0.15) is 5.10 Å². The molecule has 2 aromatic carbocycles. The number of benzene rings is 2. The number of rotatable bonds is 3. The van der Waals surface area contributed by atoms with E-state index in [1.807, 2.05) is 28.7 Å². The van der Waals surface area contributed by atoms with Gasteiger partial charge in [0, 0.05) is 19.2 Å². The molecule has 0 radical (unpaired) electrons. The van der Waals surface area contributed by atoms with Gasteiger partial charge in [-0.1, -0.05) is 15.9 Å². The molecule has 1 amide bonds. The number of nitrogens with zero attached hydrogens (tertiary/aromatic N) is 2. The van der Waals surface area contributed by atoms with E-state index in [0.29, 0.717) is 29.2 Å². The maximum absolute atomic E-state index is 12.2. The van der Waals surface area contributed by atoms with Crippen LogP contribution in [-0.4, -0.2) is 27.5 Å². The summed E-state index contributed by atoms with van der Waals surface area (Å²) in [5.41, 5.74) is 1.02. The van der Waals surface area contributed by atoms with Crippen LogP contribution in [0.2, 0.25) is 0 Å². The number of aromatic hydroxyl groups is 2. The molecule has 0 aromatic heterocycles. The maximum atomic E-state index is 12.2. The first-order valence-electron chi connectivity index (χ1n) is 7.42. The summed E-state index contributed by atoms with van der Waals surface area (Å²) < 4.78 is 2.95. The Hall–Kier alpha value is -0.640. The van der Waals surface area contributed by atoms with Gasteiger partial charge in [0.1, 0.15) is 11.5 Å². The Morgan fingerprint density at radius 2 is 1.82 bits per heavy atom. The third-order valence-corrected chi connectivity index (χ3v) is 6.81. The molecule has 0 spiro atoms. The van der Waals surface area contributed by atoms with Crippen LogP contribution in [0, 0.1) is 7.14 Å². The van der Waals surface area contributed by atoms with Crippen molar-refractivity contribution in [2.45, 2.75) is 0 Å². The molecule has 0 aliphatic carbocycles. The number of hydrogen-bond donors (Lipinski definition) is 3. The lowest BCUT2D eigenvalue weighted by Crippen LogP contribution is -2.19. The molecule has 28 heavy (non-hydrogen) atoms. The molecule has 0 unspecified atom stereocenters. The highest BCUT2D eigenvalue weighted by molar-refractivity contribution is 14.1. The molecule has 1 aliphatic rings. The largest absolute Gasteiger partial charge is 0.506 e. The predicted molar refractivity (Wildman–Crippen MR) is 136 cm³/mol. The number of carbonyl (C=O) groups excluding carboxylic acids is 1. The van der Waals surface area contributed by atoms with E-state index in [4.69, 9.17) is 0 Å². The Bertz CT molecular complexity index is 1070. The molecule has 3 rings (SSSR count). The lowest BCUT2D eigenvalue weighted by atomic mass is 10.2. The molecular weight excluding hydrogens is 740 g/mol. The lowest BCUT2D eigenvalue weighted by Gasteiger charge is -2.03. The van der Waals surface area contributed by atoms with Gasteiger partial charge in [-0.3, -0.25) is 10.1 Å². The number of thioether (sulfide) groups is 1. The molecule has 0 saturated carbocycles. The molecule has 144 valence electrons. The minimum absolute atomic E-state index is 0.0382. The van der Waals surface area contributed by atoms with Crippen molar-refractivity contribution < 1.29 is 15.0 Å². The van der Waals surface area contributed by atoms with E-state index < -0.39 is 0 Å². The second kappa shape index (κ2) is 9.45. The Kier molecular flexibility index (Phi) is 7.44. The number of nitrogens with one attached hydrogen (secondary N) is 1. The van der Waals surface area contributed by atoms with Crippen molar-refractivity contribution in [2.75, 3.05) is 0 Å². The lowest BCUT2D eigenvalue weighted by molar-refractivity contribution is -0.115. The van der Waals surface area contributed by atoms with Crippen LogP contribution in [0.4, 0.5) is 0 Å². The first kappa shape index (κ1) is 22.1. The number of phenolic OH excluding ortho intramolecular Hbond substituents is 2. The fourth-order valence-electron chi connectivity index (χ4n) is 2.14. The Balaban J connectivity index is 1.81. The second-order valence-corrected chi connectivity index (χ2v) is 10.6. The summed E-state index contributed by atoms with van der Waals surface area (Å²) in [6.45, 7) is 0. The van der Waals surface area contributed by atoms with Crippen LogP contribution in [0.25, 0.3) is 6.08 Å². The van der Waals surface area contributed by atoms with Crippen LogP contribution in [-0.2, 0) is 4.79 Å². The van der Waals surface area contributed by atoms with Crippen molar-refractivity contribution in [3.8, 4) is 11.5 Å². The highest BCUT2D eigenvalue weighted by atomic mass is 127. The molecule has 1 fully saturated rings. The zero-order valence-electron chi connectivity index (χ0n) is 13.6. The van der Waals surface area contributed by atoms with Crippen molar-refractivity contribution in [2.24, 2.45) is 10.2 Å². The average Bonchev–Trinajstić information content (AvgIpc) is 2.96. The van der Waals surface area contributed by atoms with Crippen molar-refractivity contribution >= 4 is 112 Å². The highest BCUT2D eigenvalue weighted by Crippen LogP contribution is 2.35. The van der Waals surface area contributed by atoms with Gasteiger partial charge in [0.2, 0.25) is 0 Å². The maximum Gasteiger partial charge on any atom is 0.264 e. The van der Waals surface area contributed by atoms with Crippen LogP contribution < -0.4 is 5.32 Å². The third kappa shape index (κ3) is 5.29. The summed E-state index contributed by atoms with van der Waals surface area (Å²) in [5, 5.41) is 31.1. The predicted octanol–water partition coefficient (Wildman–Crippen LogP) is 5.43. The second-order valence-electron chi connectivity index (χ2n) is 5.37. The first-order chi connectivity index (χ1) is 13.2. The van der Waals surface area contributed by atoms with Crippen molar-refractivity contribution in [1.29, 1.82) is 0 Å². The van der Waals surface area contributed by atoms with Gasteiger partial charge in [0.05, 0.1) is 19.2 Å². The molecule has 11 heteroatoms. The van der Waals surface area contributed by atoms with Gasteiger partial charge in [-0.25, -0.2) is 0 Å². The van der Waals surface area contributed by atoms with Crippen molar-refractivity contribution in [3.05, 3.63) is 56.4 Å². The minimum Gasteiger partial charge on any atom is -0.506 e. The Labute approximate surface area is 208 Å². The van der Waals surface area contributed by atoms with Gasteiger partial charge in [-0.15, -0.1) is 5.10 Å². The summed E-state index contributed by atoms with van der Waals surface area (Å²) in [6, 6.07) is 7.04. The number of hydrogen-bond acceptors (Lipinski definition) is 6. The van der Waals surface area contributed by atoms with E-state index in [0.717, 1.165) is 19.8 Å². The van der Waals surface area contributed by atoms with Gasteiger partial charge in [0.25, 0.3) is 5.91 Å². The molecule has 2 aromatic rings. The molecular formula is C17H9Br2I2N3O3S. The summed E-state index contributed by atoms with van der Waals surface area (Å²) in [7, 11) is 0. The normalized spacial score (nSPS) is 17.1. The van der Waals surface area contributed by atoms with Crippen LogP contribution >= 0.6 is 88.8 Å². The van der Waals surface area contributed by atoms with E-state index in [1.54, 1.807) is 24.3 Å². The molecule has 0 bridgehead atoms.